The minimum atomic E-state index is -0.202. The number of carbonyl (C=O) groups is 1. The zero-order chi connectivity index (χ0) is 21.3. The molecule has 4 rings (SSSR count). The van der Waals surface area contributed by atoms with Crippen LogP contribution < -0.4 is 10.1 Å². The highest BCUT2D eigenvalue weighted by atomic mass is 35.5. The number of hydrogen-bond donors (Lipinski definition) is 0. The van der Waals surface area contributed by atoms with Gasteiger partial charge in [-0.3, -0.25) is 14.5 Å². The minimum absolute atomic E-state index is 0.202. The molecule has 0 atom stereocenters. The van der Waals surface area contributed by atoms with Gasteiger partial charge in [0, 0.05) is 11.6 Å². The Morgan fingerprint density at radius 1 is 1.20 bits per heavy atom. The van der Waals surface area contributed by atoms with E-state index in [1.165, 1.54) is 29.8 Å². The summed E-state index contributed by atoms with van der Waals surface area (Å²) in [7, 11) is 1.27. The first kappa shape index (κ1) is 20.6. The molecule has 1 aliphatic heterocycles. The second-order valence-electron chi connectivity index (χ2n) is 6.16. The van der Waals surface area contributed by atoms with Crippen LogP contribution >= 0.6 is 35.6 Å². The number of rotatable bonds is 5. The fourth-order valence-corrected chi connectivity index (χ4v) is 4.44. The number of anilines is 2. The number of furan rings is 1. The molecule has 1 fully saturated rings. The summed E-state index contributed by atoms with van der Waals surface area (Å²) in [5.41, 5.74) is 1.60. The first-order valence-electron chi connectivity index (χ1n) is 8.72. The molecule has 0 spiro atoms. The highest BCUT2D eigenvalue weighted by molar-refractivity contribution is 8.27. The minimum Gasteiger partial charge on any atom is -0.733 e. The van der Waals surface area contributed by atoms with Crippen molar-refractivity contribution in [3.63, 3.8) is 0 Å². The summed E-state index contributed by atoms with van der Waals surface area (Å²) in [5.74, 6) is 0.791. The Labute approximate surface area is 187 Å². The van der Waals surface area contributed by atoms with E-state index in [0.717, 1.165) is 5.69 Å². The van der Waals surface area contributed by atoms with Gasteiger partial charge in [0.15, 0.2) is 4.32 Å². The standard InChI is InChI=1S/C21H14ClN2O4S2/c1-27-24(26)14-7-9-16(17(22)11-14)18-10-8-15(28-18)12-19-20(25)23(21(29)30-19)13-5-3-2-4-6-13/h2-12H,1H3/q-1/b19-12+. The maximum absolute atomic E-state index is 12.8. The van der Waals surface area contributed by atoms with Gasteiger partial charge in [-0.05, 0) is 42.5 Å². The fourth-order valence-electron chi connectivity index (χ4n) is 2.89. The first-order valence-corrected chi connectivity index (χ1v) is 10.3. The van der Waals surface area contributed by atoms with Crippen molar-refractivity contribution in [2.45, 2.75) is 0 Å². The molecule has 30 heavy (non-hydrogen) atoms. The summed E-state index contributed by atoms with van der Waals surface area (Å²) in [5, 5.41) is 12.2. The molecule has 3 aromatic rings. The lowest BCUT2D eigenvalue weighted by Crippen LogP contribution is -2.27. The van der Waals surface area contributed by atoms with E-state index in [1.807, 2.05) is 30.3 Å². The second-order valence-corrected chi connectivity index (χ2v) is 8.24. The van der Waals surface area contributed by atoms with Crippen LogP contribution in [-0.2, 0) is 9.63 Å². The number of amides is 1. The smallest absolute Gasteiger partial charge is 0.270 e. The van der Waals surface area contributed by atoms with Crippen molar-refractivity contribution >= 4 is 63.3 Å². The molecule has 2 heterocycles. The summed E-state index contributed by atoms with van der Waals surface area (Å²) in [6.45, 7) is 0. The number of thiocarbonyl (C=S) groups is 1. The maximum Gasteiger partial charge on any atom is 0.270 e. The Balaban J connectivity index is 1.59. The van der Waals surface area contributed by atoms with Gasteiger partial charge in [0.2, 0.25) is 0 Å². The number of halogens is 1. The maximum atomic E-state index is 12.8. The zero-order valence-corrected chi connectivity index (χ0v) is 18.0. The fraction of sp³-hybridized carbons (Fsp3) is 0.0476. The van der Waals surface area contributed by atoms with Gasteiger partial charge >= 0.3 is 0 Å². The molecule has 9 heteroatoms. The van der Waals surface area contributed by atoms with Crippen molar-refractivity contribution in [1.82, 2.24) is 0 Å². The van der Waals surface area contributed by atoms with Crippen LogP contribution in [0.5, 0.6) is 0 Å². The summed E-state index contributed by atoms with van der Waals surface area (Å²) in [6, 6.07) is 17.5. The average molecular weight is 458 g/mol. The lowest BCUT2D eigenvalue weighted by Gasteiger charge is -2.27. The molecule has 0 radical (unpaired) electrons. The van der Waals surface area contributed by atoms with E-state index in [-0.39, 0.29) is 11.6 Å². The molecule has 1 amide bonds. The van der Waals surface area contributed by atoms with E-state index in [1.54, 1.807) is 30.3 Å². The Morgan fingerprint density at radius 3 is 2.67 bits per heavy atom. The van der Waals surface area contributed by atoms with Crippen LogP contribution in [0.4, 0.5) is 11.4 Å². The topological polar surface area (TPSA) is 69.0 Å². The van der Waals surface area contributed by atoms with Gasteiger partial charge in [0.05, 0.1) is 28.4 Å². The van der Waals surface area contributed by atoms with Crippen molar-refractivity contribution in [2.24, 2.45) is 0 Å². The highest BCUT2D eigenvalue weighted by Gasteiger charge is 2.33. The van der Waals surface area contributed by atoms with Crippen molar-refractivity contribution in [2.75, 3.05) is 17.2 Å². The normalized spacial score (nSPS) is 15.3. The number of thioether (sulfide) groups is 1. The van der Waals surface area contributed by atoms with Crippen molar-refractivity contribution in [3.8, 4) is 11.3 Å². The van der Waals surface area contributed by atoms with E-state index in [2.05, 4.69) is 4.84 Å². The predicted molar refractivity (Wildman–Crippen MR) is 124 cm³/mol. The highest BCUT2D eigenvalue weighted by Crippen LogP contribution is 2.37. The lowest BCUT2D eigenvalue weighted by atomic mass is 10.1. The monoisotopic (exact) mass is 457 g/mol. The van der Waals surface area contributed by atoms with E-state index in [0.29, 0.717) is 36.6 Å². The Morgan fingerprint density at radius 2 is 1.97 bits per heavy atom. The number of nitrogens with zero attached hydrogens (tertiary/aromatic N) is 2. The molecule has 0 unspecified atom stereocenters. The van der Waals surface area contributed by atoms with Gasteiger partial charge in [-0.15, -0.1) is 0 Å². The SMILES string of the molecule is CON([O-])c1ccc(-c2ccc(/C=C3/SC(=S)N(c4ccccc4)C3=O)o2)c(Cl)c1. The Hall–Kier alpha value is -2.62. The number of hydrogen-bond acceptors (Lipinski definition) is 7. The zero-order valence-electron chi connectivity index (χ0n) is 15.6. The largest absolute Gasteiger partial charge is 0.733 e. The first-order chi connectivity index (χ1) is 14.5. The van der Waals surface area contributed by atoms with E-state index >= 15 is 0 Å². The van der Waals surface area contributed by atoms with Crippen LogP contribution in [0.15, 0.2) is 70.0 Å². The third kappa shape index (κ3) is 4.00. The molecule has 1 aromatic heterocycles. The van der Waals surface area contributed by atoms with Gasteiger partial charge in [-0.25, -0.2) is 0 Å². The van der Waals surface area contributed by atoms with Crippen molar-refractivity contribution in [3.05, 3.63) is 81.6 Å². The number of benzene rings is 2. The summed E-state index contributed by atoms with van der Waals surface area (Å²) < 4.78 is 6.31. The van der Waals surface area contributed by atoms with Gasteiger partial charge in [0.1, 0.15) is 11.5 Å². The van der Waals surface area contributed by atoms with Gasteiger partial charge in [-0.2, -0.15) is 0 Å². The van der Waals surface area contributed by atoms with Crippen molar-refractivity contribution < 1.29 is 14.0 Å². The Kier molecular flexibility index (Phi) is 5.94. The molecule has 152 valence electrons. The lowest BCUT2D eigenvalue weighted by molar-refractivity contribution is -0.113. The molecule has 1 saturated heterocycles. The van der Waals surface area contributed by atoms with Gasteiger partial charge < -0.3 is 14.9 Å². The van der Waals surface area contributed by atoms with Gasteiger partial charge in [0.25, 0.3) is 5.91 Å². The van der Waals surface area contributed by atoms with Crippen LogP contribution in [0.25, 0.3) is 17.4 Å². The van der Waals surface area contributed by atoms with E-state index in [4.69, 9.17) is 28.2 Å². The molecule has 0 N–H and O–H groups in total. The average Bonchev–Trinajstić information content (AvgIpc) is 3.32. The van der Waals surface area contributed by atoms with Crippen molar-refractivity contribution in [1.29, 1.82) is 0 Å². The summed E-state index contributed by atoms with van der Waals surface area (Å²) in [4.78, 5) is 19.4. The van der Waals surface area contributed by atoms with E-state index < -0.39 is 0 Å². The molecule has 1 aliphatic rings. The third-order valence-electron chi connectivity index (χ3n) is 4.30. The van der Waals surface area contributed by atoms with E-state index in [9.17, 15) is 10.0 Å². The molecular formula is C21H14ClN2O4S2-. The van der Waals surface area contributed by atoms with Crippen LogP contribution in [-0.4, -0.2) is 17.3 Å². The molecular weight excluding hydrogens is 444 g/mol. The summed E-state index contributed by atoms with van der Waals surface area (Å²) >= 11 is 12.9. The Bertz CT molecular complexity index is 1150. The predicted octanol–water partition coefficient (Wildman–Crippen LogP) is 5.87. The molecule has 0 bridgehead atoms. The molecule has 2 aromatic carbocycles. The third-order valence-corrected chi connectivity index (χ3v) is 5.92. The molecule has 0 saturated carbocycles. The van der Waals surface area contributed by atoms with Gasteiger partial charge in [-0.1, -0.05) is 53.8 Å². The van der Waals surface area contributed by atoms with Crippen LogP contribution in [0, 0.1) is 5.21 Å². The number of carbonyl (C=O) groups excluding carboxylic acids is 1. The van der Waals surface area contributed by atoms with Crippen LogP contribution in [0.1, 0.15) is 5.76 Å². The molecule has 6 nitrogen and oxygen atoms in total. The van der Waals surface area contributed by atoms with Crippen LogP contribution in [0.3, 0.4) is 0 Å². The second kappa shape index (κ2) is 8.63. The number of para-hydroxylation sites is 1. The van der Waals surface area contributed by atoms with Crippen LogP contribution in [0.2, 0.25) is 5.02 Å². The quantitative estimate of drug-likeness (QED) is 0.269. The molecule has 0 aliphatic carbocycles. The summed E-state index contributed by atoms with van der Waals surface area (Å²) in [6.07, 6.45) is 1.65.